The summed E-state index contributed by atoms with van der Waals surface area (Å²) in [6.45, 7) is 2.29. The number of amides is 2. The van der Waals surface area contributed by atoms with Gasteiger partial charge in [0.2, 0.25) is 0 Å². The molecule has 0 fully saturated rings. The SMILES string of the molecule is CCNC(=O)/C(=C/c1ccc(OC)cc1)NC(=O)c1ccccc1. The summed E-state index contributed by atoms with van der Waals surface area (Å²) in [6.07, 6.45) is 1.63. The molecule has 0 aliphatic carbocycles. The first-order valence-corrected chi connectivity index (χ1v) is 7.64. The smallest absolute Gasteiger partial charge is 0.267 e. The molecule has 0 aromatic heterocycles. The van der Waals surface area contributed by atoms with Gasteiger partial charge in [0.05, 0.1) is 7.11 Å². The number of likely N-dealkylation sites (N-methyl/N-ethyl adjacent to an activating group) is 1. The molecule has 0 spiro atoms. The summed E-state index contributed by atoms with van der Waals surface area (Å²) < 4.78 is 5.11. The summed E-state index contributed by atoms with van der Waals surface area (Å²) >= 11 is 0. The van der Waals surface area contributed by atoms with E-state index in [0.717, 1.165) is 11.3 Å². The summed E-state index contributed by atoms with van der Waals surface area (Å²) in [5.74, 6) is 0.0549. The molecular weight excluding hydrogens is 304 g/mol. The van der Waals surface area contributed by atoms with Gasteiger partial charge in [0.1, 0.15) is 11.4 Å². The van der Waals surface area contributed by atoms with Crippen molar-refractivity contribution in [2.45, 2.75) is 6.92 Å². The van der Waals surface area contributed by atoms with Crippen molar-refractivity contribution in [2.75, 3.05) is 13.7 Å². The average Bonchev–Trinajstić information content (AvgIpc) is 2.62. The van der Waals surface area contributed by atoms with Crippen molar-refractivity contribution in [3.8, 4) is 5.75 Å². The van der Waals surface area contributed by atoms with Gasteiger partial charge in [0.25, 0.3) is 11.8 Å². The van der Waals surface area contributed by atoms with Gasteiger partial charge in [-0.2, -0.15) is 0 Å². The van der Waals surface area contributed by atoms with E-state index in [0.29, 0.717) is 12.1 Å². The van der Waals surface area contributed by atoms with Crippen molar-refractivity contribution < 1.29 is 14.3 Å². The van der Waals surface area contributed by atoms with Crippen molar-refractivity contribution in [1.82, 2.24) is 10.6 Å². The fourth-order valence-corrected chi connectivity index (χ4v) is 2.06. The molecule has 0 aliphatic rings. The van der Waals surface area contributed by atoms with Gasteiger partial charge in [-0.15, -0.1) is 0 Å². The molecule has 0 atom stereocenters. The second-order valence-corrected chi connectivity index (χ2v) is 5.01. The number of carbonyl (C=O) groups is 2. The summed E-state index contributed by atoms with van der Waals surface area (Å²) in [6, 6.07) is 16.0. The Morgan fingerprint density at radius 1 is 1.04 bits per heavy atom. The molecule has 124 valence electrons. The summed E-state index contributed by atoms with van der Waals surface area (Å²) in [7, 11) is 1.59. The highest BCUT2D eigenvalue weighted by atomic mass is 16.5. The first-order valence-electron chi connectivity index (χ1n) is 7.64. The zero-order valence-corrected chi connectivity index (χ0v) is 13.7. The van der Waals surface area contributed by atoms with Crippen LogP contribution in [0.3, 0.4) is 0 Å². The maximum atomic E-state index is 12.3. The van der Waals surface area contributed by atoms with Crippen LogP contribution in [0.5, 0.6) is 5.75 Å². The zero-order valence-electron chi connectivity index (χ0n) is 13.7. The monoisotopic (exact) mass is 324 g/mol. The molecule has 5 nitrogen and oxygen atoms in total. The van der Waals surface area contributed by atoms with Crippen LogP contribution in [0.4, 0.5) is 0 Å². The molecule has 0 unspecified atom stereocenters. The van der Waals surface area contributed by atoms with E-state index in [4.69, 9.17) is 4.74 Å². The predicted molar refractivity (Wildman–Crippen MR) is 93.6 cm³/mol. The van der Waals surface area contributed by atoms with Crippen molar-refractivity contribution in [3.63, 3.8) is 0 Å². The topological polar surface area (TPSA) is 67.4 Å². The Balaban J connectivity index is 2.25. The first-order chi connectivity index (χ1) is 11.6. The summed E-state index contributed by atoms with van der Waals surface area (Å²) in [4.78, 5) is 24.5. The van der Waals surface area contributed by atoms with Crippen molar-refractivity contribution >= 4 is 17.9 Å². The predicted octanol–water partition coefficient (Wildman–Crippen LogP) is 2.60. The number of ether oxygens (including phenoxy) is 1. The van der Waals surface area contributed by atoms with Gasteiger partial charge in [-0.1, -0.05) is 30.3 Å². The molecule has 0 bridgehead atoms. The Hall–Kier alpha value is -3.08. The molecule has 0 saturated heterocycles. The lowest BCUT2D eigenvalue weighted by Gasteiger charge is -2.10. The van der Waals surface area contributed by atoms with Gasteiger partial charge in [0, 0.05) is 12.1 Å². The second-order valence-electron chi connectivity index (χ2n) is 5.01. The van der Waals surface area contributed by atoms with Gasteiger partial charge < -0.3 is 15.4 Å². The fourth-order valence-electron chi connectivity index (χ4n) is 2.06. The molecule has 2 aromatic rings. The molecule has 0 aliphatic heterocycles. The highest BCUT2D eigenvalue weighted by Crippen LogP contribution is 2.14. The summed E-state index contributed by atoms with van der Waals surface area (Å²) in [5.41, 5.74) is 1.46. The third-order valence-electron chi connectivity index (χ3n) is 3.29. The van der Waals surface area contributed by atoms with E-state index in [1.807, 2.05) is 25.1 Å². The number of rotatable bonds is 6. The molecule has 2 N–H and O–H groups in total. The van der Waals surface area contributed by atoms with E-state index in [9.17, 15) is 9.59 Å². The lowest BCUT2D eigenvalue weighted by molar-refractivity contribution is -0.117. The van der Waals surface area contributed by atoms with E-state index in [1.54, 1.807) is 49.6 Å². The van der Waals surface area contributed by atoms with Crippen molar-refractivity contribution in [2.24, 2.45) is 0 Å². The average molecular weight is 324 g/mol. The molecule has 0 radical (unpaired) electrons. The van der Waals surface area contributed by atoms with Crippen LogP contribution in [0.25, 0.3) is 6.08 Å². The number of hydrogen-bond acceptors (Lipinski definition) is 3. The number of nitrogens with one attached hydrogen (secondary N) is 2. The number of hydrogen-bond donors (Lipinski definition) is 2. The fraction of sp³-hybridized carbons (Fsp3) is 0.158. The van der Waals surface area contributed by atoms with Crippen LogP contribution in [0.2, 0.25) is 0 Å². The highest BCUT2D eigenvalue weighted by molar-refractivity contribution is 6.05. The molecule has 2 amide bonds. The van der Waals surface area contributed by atoms with Crippen LogP contribution in [-0.2, 0) is 4.79 Å². The van der Waals surface area contributed by atoms with E-state index >= 15 is 0 Å². The van der Waals surface area contributed by atoms with Gasteiger partial charge in [0.15, 0.2) is 0 Å². The molecule has 0 heterocycles. The van der Waals surface area contributed by atoms with Crippen molar-refractivity contribution in [1.29, 1.82) is 0 Å². The van der Waals surface area contributed by atoms with Gasteiger partial charge in [-0.25, -0.2) is 0 Å². The Labute approximate surface area is 141 Å². The standard InChI is InChI=1S/C19H20N2O3/c1-3-20-19(23)17(13-14-9-11-16(24-2)12-10-14)21-18(22)15-7-5-4-6-8-15/h4-13H,3H2,1-2H3,(H,20,23)(H,21,22)/b17-13-. The van der Waals surface area contributed by atoms with Gasteiger partial charge in [-0.05, 0) is 42.8 Å². The summed E-state index contributed by atoms with van der Waals surface area (Å²) in [5, 5.41) is 5.37. The van der Waals surface area contributed by atoms with E-state index in [2.05, 4.69) is 10.6 Å². The first kappa shape index (κ1) is 17.3. The number of carbonyl (C=O) groups excluding carboxylic acids is 2. The maximum Gasteiger partial charge on any atom is 0.267 e. The Bertz CT molecular complexity index is 722. The van der Waals surface area contributed by atoms with Crippen LogP contribution in [-0.4, -0.2) is 25.5 Å². The zero-order chi connectivity index (χ0) is 17.4. The lowest BCUT2D eigenvalue weighted by atomic mass is 10.1. The van der Waals surface area contributed by atoms with Gasteiger partial charge >= 0.3 is 0 Å². The minimum atomic E-state index is -0.336. The quantitative estimate of drug-likeness (QED) is 0.803. The Morgan fingerprint density at radius 3 is 2.29 bits per heavy atom. The van der Waals surface area contributed by atoms with E-state index < -0.39 is 0 Å². The van der Waals surface area contributed by atoms with Crippen LogP contribution >= 0.6 is 0 Å². The number of benzene rings is 2. The van der Waals surface area contributed by atoms with Crippen LogP contribution in [0.1, 0.15) is 22.8 Å². The van der Waals surface area contributed by atoms with Crippen molar-refractivity contribution in [3.05, 3.63) is 71.4 Å². The molecule has 2 rings (SSSR count). The minimum Gasteiger partial charge on any atom is -0.497 e. The molecule has 24 heavy (non-hydrogen) atoms. The molecule has 0 saturated carbocycles. The Morgan fingerprint density at radius 2 is 1.71 bits per heavy atom. The molecule has 5 heteroatoms. The normalized spacial score (nSPS) is 10.8. The maximum absolute atomic E-state index is 12.3. The van der Waals surface area contributed by atoms with Crippen LogP contribution in [0, 0.1) is 0 Å². The van der Waals surface area contributed by atoms with E-state index in [1.165, 1.54) is 0 Å². The minimum absolute atomic E-state index is 0.191. The van der Waals surface area contributed by atoms with Crippen LogP contribution < -0.4 is 15.4 Å². The third-order valence-corrected chi connectivity index (χ3v) is 3.29. The molecular formula is C19H20N2O3. The number of methoxy groups -OCH3 is 1. The van der Waals surface area contributed by atoms with Crippen LogP contribution in [0.15, 0.2) is 60.3 Å². The highest BCUT2D eigenvalue weighted by Gasteiger charge is 2.13. The lowest BCUT2D eigenvalue weighted by Crippen LogP contribution is -2.34. The Kier molecular flexibility index (Phi) is 6.14. The third kappa shape index (κ3) is 4.71. The van der Waals surface area contributed by atoms with E-state index in [-0.39, 0.29) is 17.5 Å². The second kappa shape index (κ2) is 8.53. The molecule has 2 aromatic carbocycles. The largest absolute Gasteiger partial charge is 0.497 e. The van der Waals surface area contributed by atoms with Gasteiger partial charge in [-0.3, -0.25) is 9.59 Å².